The number of piperidine rings is 1. The molecule has 0 amide bonds. The fourth-order valence-corrected chi connectivity index (χ4v) is 6.76. The lowest BCUT2D eigenvalue weighted by atomic mass is 9.75. The number of pyridine rings is 1. The van der Waals surface area contributed by atoms with Gasteiger partial charge in [0.15, 0.2) is 0 Å². The topological polar surface area (TPSA) is 35.0 Å². The van der Waals surface area contributed by atoms with Crippen molar-refractivity contribution in [1.82, 2.24) is 19.9 Å². The van der Waals surface area contributed by atoms with E-state index in [2.05, 4.69) is 71.3 Å². The van der Waals surface area contributed by atoms with Crippen molar-refractivity contribution in [1.29, 1.82) is 0 Å². The molecule has 1 unspecified atom stereocenters. The molecule has 1 aliphatic carbocycles. The molecule has 5 heterocycles. The Balaban J connectivity index is 1.32. The summed E-state index contributed by atoms with van der Waals surface area (Å²) in [6, 6.07) is 4.96. The zero-order chi connectivity index (χ0) is 21.5. The molecule has 0 radical (unpaired) electrons. The largest absolute Gasteiger partial charge is 0.300 e. The molecule has 5 nitrogen and oxygen atoms in total. The summed E-state index contributed by atoms with van der Waals surface area (Å²) < 4.78 is 0.957. The van der Waals surface area contributed by atoms with Crippen molar-refractivity contribution in [2.24, 2.45) is 4.99 Å². The highest BCUT2D eigenvalue weighted by molar-refractivity contribution is 9.18. The Morgan fingerprint density at radius 2 is 1.88 bits per heavy atom. The summed E-state index contributed by atoms with van der Waals surface area (Å²) in [5, 5.41) is 5.12. The molecule has 1 aromatic rings. The van der Waals surface area contributed by atoms with Gasteiger partial charge in [0, 0.05) is 55.9 Å². The van der Waals surface area contributed by atoms with Gasteiger partial charge in [-0.25, -0.2) is 10.0 Å². The maximum Gasteiger partial charge on any atom is 0.128 e. The summed E-state index contributed by atoms with van der Waals surface area (Å²) in [5.41, 5.74) is 5.04. The molecule has 0 aromatic carbocycles. The van der Waals surface area contributed by atoms with Crippen LogP contribution in [0.15, 0.2) is 76.9 Å². The average Bonchev–Trinajstić information content (AvgIpc) is 3.47. The molecule has 4 aliphatic heterocycles. The Morgan fingerprint density at radius 1 is 1.06 bits per heavy atom. The van der Waals surface area contributed by atoms with Gasteiger partial charge < -0.3 is 4.90 Å². The van der Waals surface area contributed by atoms with E-state index in [0.717, 1.165) is 36.6 Å². The monoisotopic (exact) mass is 491 g/mol. The van der Waals surface area contributed by atoms with Crippen molar-refractivity contribution in [2.45, 2.75) is 50.1 Å². The lowest BCUT2D eigenvalue weighted by Crippen LogP contribution is -2.58. The van der Waals surface area contributed by atoms with E-state index in [1.54, 1.807) is 0 Å². The van der Waals surface area contributed by atoms with E-state index in [1.165, 1.54) is 61.1 Å². The highest BCUT2D eigenvalue weighted by atomic mass is 79.9. The van der Waals surface area contributed by atoms with E-state index >= 15 is 0 Å². The molecule has 1 atom stereocenters. The van der Waals surface area contributed by atoms with Crippen molar-refractivity contribution >= 4 is 20.6 Å². The lowest BCUT2D eigenvalue weighted by molar-refractivity contribution is -0.0430. The molecule has 1 aromatic heterocycles. The number of allylic oxidation sites excluding steroid dienone is 2. The van der Waals surface area contributed by atoms with E-state index in [1.807, 2.05) is 24.7 Å². The minimum atomic E-state index is -0.281. The van der Waals surface area contributed by atoms with E-state index < -0.39 is 0 Å². The molecule has 2 saturated heterocycles. The first-order valence-corrected chi connectivity index (χ1v) is 12.8. The highest BCUT2D eigenvalue weighted by Crippen LogP contribution is 2.50. The number of nitrogens with zero attached hydrogens (tertiary/aromatic N) is 5. The predicted octanol–water partition coefficient (Wildman–Crippen LogP) is 4.61. The van der Waals surface area contributed by atoms with E-state index in [4.69, 9.17) is 0 Å². The number of hydrazine groups is 1. The molecule has 5 aliphatic rings. The Bertz CT molecular complexity index is 1030. The minimum Gasteiger partial charge on any atom is -0.300 e. The van der Waals surface area contributed by atoms with Gasteiger partial charge in [0.25, 0.3) is 0 Å². The van der Waals surface area contributed by atoms with Crippen molar-refractivity contribution in [3.05, 3.63) is 77.4 Å². The van der Waals surface area contributed by atoms with Gasteiger partial charge in [-0.1, -0.05) is 18.2 Å². The van der Waals surface area contributed by atoms with Gasteiger partial charge in [0.1, 0.15) is 10.2 Å². The van der Waals surface area contributed by atoms with Crippen molar-refractivity contribution in [3.63, 3.8) is 0 Å². The maximum absolute atomic E-state index is 4.59. The van der Waals surface area contributed by atoms with E-state index in [0.29, 0.717) is 0 Å². The van der Waals surface area contributed by atoms with Crippen molar-refractivity contribution in [3.8, 4) is 0 Å². The Hall–Kier alpha value is -2.02. The van der Waals surface area contributed by atoms with E-state index in [-0.39, 0.29) is 5.54 Å². The number of rotatable bonds is 4. The van der Waals surface area contributed by atoms with Crippen LogP contribution in [0.3, 0.4) is 0 Å². The number of likely N-dealkylation sites (tertiary alicyclic amines) is 1. The van der Waals surface area contributed by atoms with Crippen LogP contribution in [0.5, 0.6) is 0 Å². The van der Waals surface area contributed by atoms with Crippen LogP contribution >= 0.6 is 15.9 Å². The summed E-state index contributed by atoms with van der Waals surface area (Å²) in [6.45, 7) is 4.78. The zero-order valence-electron chi connectivity index (χ0n) is 18.5. The third-order valence-corrected chi connectivity index (χ3v) is 8.33. The Labute approximate surface area is 199 Å². The molecular formula is C26H30BrN5. The molecule has 166 valence electrons. The second-order valence-electron chi connectivity index (χ2n) is 9.44. The normalized spacial score (nSPS) is 28.7. The number of aliphatic imine (C=N–C) groups is 1. The third-order valence-electron chi connectivity index (χ3n) is 7.70. The predicted molar refractivity (Wildman–Crippen MR) is 132 cm³/mol. The van der Waals surface area contributed by atoms with Crippen LogP contribution in [0.2, 0.25) is 0 Å². The van der Waals surface area contributed by atoms with Crippen LogP contribution in [-0.2, 0) is 6.42 Å². The molecule has 0 bridgehead atoms. The summed E-state index contributed by atoms with van der Waals surface area (Å²) >= 11 is 3.77. The second kappa shape index (κ2) is 8.40. The molecule has 2 fully saturated rings. The fourth-order valence-electron chi connectivity index (χ4n) is 6.18. The molecule has 0 saturated carbocycles. The standard InChI is InChI=1S/C26H30BrN5/c27-25-24-7-3-6-23-21(17-20-5-4-11-28-18-20)19-32(26(23,24)10-12-29-25)31-15-8-22(9-16-31)30-13-1-2-14-30/h4-7,10-12,18-19,22H,1-3,8-9,13-17H2. The molecule has 6 heteroatoms. The smallest absolute Gasteiger partial charge is 0.128 e. The van der Waals surface area contributed by atoms with Gasteiger partial charge in [-0.3, -0.25) is 9.99 Å². The molecular weight excluding hydrogens is 462 g/mol. The number of hydrogen-bond donors (Lipinski definition) is 0. The number of halogens is 1. The summed E-state index contributed by atoms with van der Waals surface area (Å²) in [6.07, 6.45) is 22.4. The SMILES string of the molecule is BrC1=NC=CC23C(=CCC=C12)C(Cc1cccnc1)=CN3N1CCC(N2CCCC2)CC1. The Kier molecular flexibility index (Phi) is 5.40. The lowest BCUT2D eigenvalue weighted by Gasteiger charge is -2.50. The maximum atomic E-state index is 4.59. The van der Waals surface area contributed by atoms with Crippen LogP contribution in [0, 0.1) is 0 Å². The number of hydrogen-bond acceptors (Lipinski definition) is 5. The summed E-state index contributed by atoms with van der Waals surface area (Å²) in [5.74, 6) is 0. The fraction of sp³-hybridized carbons (Fsp3) is 0.462. The zero-order valence-corrected chi connectivity index (χ0v) is 20.0. The first kappa shape index (κ1) is 20.6. The van der Waals surface area contributed by atoms with E-state index in [9.17, 15) is 0 Å². The summed E-state index contributed by atoms with van der Waals surface area (Å²) in [4.78, 5) is 11.7. The molecule has 1 spiro atoms. The van der Waals surface area contributed by atoms with Gasteiger partial charge in [0.05, 0.1) is 0 Å². The van der Waals surface area contributed by atoms with Crippen molar-refractivity contribution < 1.29 is 0 Å². The summed E-state index contributed by atoms with van der Waals surface area (Å²) in [7, 11) is 0. The highest BCUT2D eigenvalue weighted by Gasteiger charge is 2.51. The molecule has 6 rings (SSSR count). The van der Waals surface area contributed by atoms with Gasteiger partial charge in [0.2, 0.25) is 0 Å². The van der Waals surface area contributed by atoms with Crippen LogP contribution < -0.4 is 0 Å². The van der Waals surface area contributed by atoms with Crippen LogP contribution in [0.25, 0.3) is 0 Å². The average molecular weight is 492 g/mol. The van der Waals surface area contributed by atoms with Gasteiger partial charge in [-0.15, -0.1) is 0 Å². The first-order chi connectivity index (χ1) is 15.8. The van der Waals surface area contributed by atoms with Crippen LogP contribution in [0.1, 0.15) is 37.7 Å². The Morgan fingerprint density at radius 3 is 2.66 bits per heavy atom. The molecule has 32 heavy (non-hydrogen) atoms. The first-order valence-electron chi connectivity index (χ1n) is 12.0. The van der Waals surface area contributed by atoms with Gasteiger partial charge >= 0.3 is 0 Å². The van der Waals surface area contributed by atoms with Gasteiger partial charge in [-0.2, -0.15) is 0 Å². The van der Waals surface area contributed by atoms with Crippen LogP contribution in [-0.4, -0.2) is 62.3 Å². The van der Waals surface area contributed by atoms with Crippen LogP contribution in [0.4, 0.5) is 0 Å². The van der Waals surface area contributed by atoms with Crippen molar-refractivity contribution in [2.75, 3.05) is 26.2 Å². The second-order valence-corrected chi connectivity index (χ2v) is 10.2. The minimum absolute atomic E-state index is 0.281. The quantitative estimate of drug-likeness (QED) is 0.615. The number of aromatic nitrogens is 1. The third kappa shape index (κ3) is 3.35. The van der Waals surface area contributed by atoms with Gasteiger partial charge in [-0.05, 0) is 90.0 Å². The molecule has 0 N–H and O–H groups in total.